The molecule has 0 saturated heterocycles. The van der Waals surface area contributed by atoms with Crippen LogP contribution in [0, 0.1) is 34.5 Å². The molecule has 0 spiro atoms. The second-order valence-corrected chi connectivity index (χ2v) is 9.17. The first-order chi connectivity index (χ1) is 10.9. The number of carboxylic acid groups (broad SMARTS) is 1. The fourth-order valence-corrected chi connectivity index (χ4v) is 7.05. The summed E-state index contributed by atoms with van der Waals surface area (Å²) in [5, 5.41) is 19.7. The second-order valence-electron chi connectivity index (χ2n) is 9.17. The van der Waals surface area contributed by atoms with Crippen LogP contribution in [0.4, 0.5) is 0 Å². The van der Waals surface area contributed by atoms with Crippen LogP contribution in [0.2, 0.25) is 0 Å². The van der Waals surface area contributed by atoms with Gasteiger partial charge in [0, 0.05) is 0 Å². The molecule has 0 aliphatic heterocycles. The Kier molecular flexibility index (Phi) is 3.46. The van der Waals surface area contributed by atoms with Crippen molar-refractivity contribution in [3.8, 4) is 0 Å². The Bertz CT molecular complexity index is 553. The zero-order valence-corrected chi connectivity index (χ0v) is 14.4. The Hall–Kier alpha value is -0.830. The number of aliphatic hydroxyl groups is 1. The summed E-state index contributed by atoms with van der Waals surface area (Å²) < 4.78 is 0. The molecule has 0 amide bonds. The molecule has 4 aliphatic carbocycles. The van der Waals surface area contributed by atoms with Crippen molar-refractivity contribution >= 4 is 5.97 Å². The van der Waals surface area contributed by atoms with Crippen LogP contribution in [-0.4, -0.2) is 22.3 Å². The maximum absolute atomic E-state index is 11.7. The van der Waals surface area contributed by atoms with Gasteiger partial charge in [0.15, 0.2) is 0 Å². The van der Waals surface area contributed by atoms with Gasteiger partial charge < -0.3 is 10.2 Å². The van der Waals surface area contributed by atoms with E-state index in [-0.39, 0.29) is 22.9 Å². The van der Waals surface area contributed by atoms with Crippen molar-refractivity contribution in [1.82, 2.24) is 0 Å². The topological polar surface area (TPSA) is 57.5 Å². The molecule has 4 aliphatic rings. The molecular formula is C20H30O3. The van der Waals surface area contributed by atoms with Crippen LogP contribution in [-0.2, 0) is 4.79 Å². The SMILES string of the molecule is C[C@]12CC[C@@H]3[C@H](CC=C4C[C@H](O)CC[C@@]43C)[C@H]1CC[C@@H]2C(=O)O. The number of aliphatic carboxylic acids is 1. The van der Waals surface area contributed by atoms with Gasteiger partial charge in [-0.3, -0.25) is 4.79 Å². The van der Waals surface area contributed by atoms with E-state index in [4.69, 9.17) is 0 Å². The highest BCUT2D eigenvalue weighted by molar-refractivity contribution is 5.71. The van der Waals surface area contributed by atoms with E-state index in [0.717, 1.165) is 44.9 Å². The zero-order chi connectivity index (χ0) is 16.4. The van der Waals surface area contributed by atoms with E-state index in [9.17, 15) is 15.0 Å². The van der Waals surface area contributed by atoms with Gasteiger partial charge in [-0.25, -0.2) is 0 Å². The monoisotopic (exact) mass is 318 g/mol. The quantitative estimate of drug-likeness (QED) is 0.718. The van der Waals surface area contributed by atoms with E-state index >= 15 is 0 Å². The molecule has 2 N–H and O–H groups in total. The van der Waals surface area contributed by atoms with Gasteiger partial charge >= 0.3 is 5.97 Å². The molecule has 3 nitrogen and oxygen atoms in total. The van der Waals surface area contributed by atoms with Gasteiger partial charge in [0.25, 0.3) is 0 Å². The number of carbonyl (C=O) groups is 1. The summed E-state index contributed by atoms with van der Waals surface area (Å²) in [6.45, 7) is 4.68. The molecule has 0 heterocycles. The van der Waals surface area contributed by atoms with Crippen molar-refractivity contribution in [1.29, 1.82) is 0 Å². The molecule has 0 aromatic heterocycles. The van der Waals surface area contributed by atoms with Gasteiger partial charge in [-0.1, -0.05) is 25.5 Å². The van der Waals surface area contributed by atoms with Gasteiger partial charge in [0.1, 0.15) is 0 Å². The average molecular weight is 318 g/mol. The van der Waals surface area contributed by atoms with Gasteiger partial charge in [-0.2, -0.15) is 0 Å². The minimum absolute atomic E-state index is 0.00286. The molecule has 0 radical (unpaired) electrons. The summed E-state index contributed by atoms with van der Waals surface area (Å²) in [6.07, 6.45) is 10.5. The Balaban J connectivity index is 1.66. The lowest BCUT2D eigenvalue weighted by Gasteiger charge is -2.57. The fourth-order valence-electron chi connectivity index (χ4n) is 7.05. The Morgan fingerprint density at radius 2 is 1.91 bits per heavy atom. The first kappa shape index (κ1) is 15.7. The van der Waals surface area contributed by atoms with Gasteiger partial charge in [-0.05, 0) is 80.0 Å². The van der Waals surface area contributed by atoms with E-state index < -0.39 is 5.97 Å². The molecule has 0 aromatic carbocycles. The molecular weight excluding hydrogens is 288 g/mol. The molecule has 23 heavy (non-hydrogen) atoms. The first-order valence-corrected chi connectivity index (χ1v) is 9.46. The maximum Gasteiger partial charge on any atom is 0.307 e. The van der Waals surface area contributed by atoms with E-state index in [1.165, 1.54) is 12.0 Å². The number of hydrogen-bond acceptors (Lipinski definition) is 2. The molecule has 0 bridgehead atoms. The van der Waals surface area contributed by atoms with E-state index in [1.807, 2.05) is 0 Å². The average Bonchev–Trinajstić information content (AvgIpc) is 2.85. The maximum atomic E-state index is 11.7. The number of fused-ring (bicyclic) bond motifs is 5. The van der Waals surface area contributed by atoms with Crippen LogP contribution in [0.15, 0.2) is 11.6 Å². The lowest BCUT2D eigenvalue weighted by Crippen LogP contribution is -2.51. The molecule has 3 saturated carbocycles. The highest BCUT2D eigenvalue weighted by Gasteiger charge is 2.59. The van der Waals surface area contributed by atoms with Crippen molar-refractivity contribution in [3.63, 3.8) is 0 Å². The van der Waals surface area contributed by atoms with Crippen molar-refractivity contribution in [3.05, 3.63) is 11.6 Å². The van der Waals surface area contributed by atoms with E-state index in [2.05, 4.69) is 19.9 Å². The van der Waals surface area contributed by atoms with Crippen molar-refractivity contribution in [2.24, 2.45) is 34.5 Å². The molecule has 128 valence electrons. The summed E-state index contributed by atoms with van der Waals surface area (Å²) in [5.41, 5.74) is 1.75. The smallest absolute Gasteiger partial charge is 0.307 e. The minimum atomic E-state index is -0.576. The summed E-state index contributed by atoms with van der Waals surface area (Å²) in [7, 11) is 0. The Labute approximate surface area is 139 Å². The number of hydrogen-bond donors (Lipinski definition) is 2. The fraction of sp³-hybridized carbons (Fsp3) is 0.850. The molecule has 3 fully saturated rings. The van der Waals surface area contributed by atoms with Crippen LogP contribution in [0.5, 0.6) is 0 Å². The summed E-state index contributed by atoms with van der Waals surface area (Å²) in [5.74, 6) is 1.21. The normalized spacial score (nSPS) is 52.1. The molecule has 0 aromatic rings. The van der Waals surface area contributed by atoms with Gasteiger partial charge in [0.05, 0.1) is 12.0 Å². The second kappa shape index (κ2) is 5.08. The predicted octanol–water partition coefficient (Wildman–Crippen LogP) is 4.01. The third-order valence-corrected chi connectivity index (χ3v) is 8.38. The summed E-state index contributed by atoms with van der Waals surface area (Å²) in [4.78, 5) is 11.7. The van der Waals surface area contributed by atoms with Crippen LogP contribution in [0.1, 0.15) is 65.2 Å². The third-order valence-electron chi connectivity index (χ3n) is 8.38. The standard InChI is InChI=1S/C20H30O3/c1-19-9-7-13(21)11-12(19)3-4-14-15-5-6-17(18(22)23)20(15,2)10-8-16(14)19/h3,13-17,21H,4-11H2,1-2H3,(H,22,23)/t13-,14-,15-,16-,17-,19+,20+/m1/s1. The molecule has 4 rings (SSSR count). The third kappa shape index (κ3) is 2.08. The Morgan fingerprint density at radius 3 is 2.65 bits per heavy atom. The van der Waals surface area contributed by atoms with Crippen LogP contribution < -0.4 is 0 Å². The first-order valence-electron chi connectivity index (χ1n) is 9.46. The van der Waals surface area contributed by atoms with Crippen LogP contribution >= 0.6 is 0 Å². The van der Waals surface area contributed by atoms with Crippen molar-refractivity contribution in [2.45, 2.75) is 71.3 Å². The molecule has 7 atom stereocenters. The lowest BCUT2D eigenvalue weighted by atomic mass is 9.47. The summed E-state index contributed by atoms with van der Waals surface area (Å²) in [6, 6.07) is 0. The summed E-state index contributed by atoms with van der Waals surface area (Å²) >= 11 is 0. The predicted molar refractivity (Wildman–Crippen MR) is 88.8 cm³/mol. The highest BCUT2D eigenvalue weighted by Crippen LogP contribution is 2.66. The largest absolute Gasteiger partial charge is 0.481 e. The van der Waals surface area contributed by atoms with E-state index in [1.54, 1.807) is 0 Å². The van der Waals surface area contributed by atoms with Crippen molar-refractivity contribution < 1.29 is 15.0 Å². The highest BCUT2D eigenvalue weighted by atomic mass is 16.4. The zero-order valence-electron chi connectivity index (χ0n) is 14.4. The number of allylic oxidation sites excluding steroid dienone is 1. The molecule has 0 unspecified atom stereocenters. The van der Waals surface area contributed by atoms with Crippen LogP contribution in [0.3, 0.4) is 0 Å². The molecule has 3 heteroatoms. The Morgan fingerprint density at radius 1 is 1.13 bits per heavy atom. The van der Waals surface area contributed by atoms with Crippen LogP contribution in [0.25, 0.3) is 0 Å². The number of aliphatic hydroxyl groups excluding tert-OH is 1. The number of carboxylic acids is 1. The number of rotatable bonds is 1. The van der Waals surface area contributed by atoms with Gasteiger partial charge in [-0.15, -0.1) is 0 Å². The lowest BCUT2D eigenvalue weighted by molar-refractivity contribution is -0.148. The minimum Gasteiger partial charge on any atom is -0.481 e. The van der Waals surface area contributed by atoms with Gasteiger partial charge in [0.2, 0.25) is 0 Å². The van der Waals surface area contributed by atoms with Crippen molar-refractivity contribution in [2.75, 3.05) is 0 Å². The van der Waals surface area contributed by atoms with E-state index in [0.29, 0.717) is 17.8 Å².